The van der Waals surface area contributed by atoms with Crippen molar-refractivity contribution in [2.75, 3.05) is 11.5 Å². The predicted molar refractivity (Wildman–Crippen MR) is 126 cm³/mol. The van der Waals surface area contributed by atoms with Gasteiger partial charge in [0.2, 0.25) is 0 Å². The van der Waals surface area contributed by atoms with Gasteiger partial charge in [-0.15, -0.1) is 0 Å². The molecule has 0 aliphatic carbocycles. The Labute approximate surface area is 206 Å². The first-order valence-corrected chi connectivity index (χ1v) is 11.6. The zero-order chi connectivity index (χ0) is 28.0. The molecule has 4 N–H and O–H groups in total. The van der Waals surface area contributed by atoms with Crippen LogP contribution in [0.2, 0.25) is 0 Å². The molecule has 0 saturated heterocycles. The van der Waals surface area contributed by atoms with Gasteiger partial charge in [-0.05, 0) is 85.0 Å². The highest BCUT2D eigenvalue weighted by Crippen LogP contribution is 2.59. The van der Waals surface area contributed by atoms with Crippen LogP contribution in [-0.2, 0) is 11.8 Å². The van der Waals surface area contributed by atoms with Crippen LogP contribution in [0, 0.1) is 13.8 Å². The third kappa shape index (κ3) is 4.52. The van der Waals surface area contributed by atoms with Crippen LogP contribution < -0.4 is 11.5 Å². The van der Waals surface area contributed by atoms with E-state index in [2.05, 4.69) is 0 Å². The van der Waals surface area contributed by atoms with E-state index in [0.29, 0.717) is 37.1 Å². The maximum atomic E-state index is 15.1. The van der Waals surface area contributed by atoms with E-state index in [1.165, 1.54) is 13.8 Å². The lowest BCUT2D eigenvalue weighted by Gasteiger charge is -2.37. The molecule has 2 atom stereocenters. The highest BCUT2D eigenvalue weighted by molar-refractivity contribution is 5.58. The molecule has 0 saturated carbocycles. The lowest BCUT2D eigenvalue weighted by Crippen LogP contribution is -2.59. The van der Waals surface area contributed by atoms with Gasteiger partial charge in [0.1, 0.15) is 0 Å². The number of halogens is 8. The van der Waals surface area contributed by atoms with Gasteiger partial charge in [-0.2, -0.15) is 35.1 Å². The Bertz CT molecular complexity index is 1020. The molecule has 0 bridgehead atoms. The van der Waals surface area contributed by atoms with Crippen molar-refractivity contribution in [2.24, 2.45) is 0 Å². The van der Waals surface area contributed by atoms with Gasteiger partial charge in [-0.1, -0.05) is 27.7 Å². The number of aryl methyl sites for hydroxylation is 2. The second kappa shape index (κ2) is 9.74. The molecule has 202 valence electrons. The van der Waals surface area contributed by atoms with Crippen LogP contribution in [0.1, 0.15) is 85.8 Å². The zero-order valence-corrected chi connectivity index (χ0v) is 21.1. The fraction of sp³-hybridized carbons (Fsp3) is 0.538. The standard InChI is InChI=1S/C26H32F8N2/c1-7-13(3)19-11-17(9-15(5)21(19)35)23(27,28)25(31,32)26(33,34)24(29,30)18-10-16(6)22(36)20(12-18)14(4)8-2/h9-14H,7-8,35-36H2,1-6H3. The molecule has 0 aliphatic heterocycles. The van der Waals surface area contributed by atoms with Crippen LogP contribution in [0.25, 0.3) is 0 Å². The molecule has 0 spiro atoms. The van der Waals surface area contributed by atoms with Gasteiger partial charge >= 0.3 is 23.7 Å². The number of rotatable bonds is 9. The molecule has 0 aromatic heterocycles. The SMILES string of the molecule is CCC(C)c1cc(C(F)(F)C(F)(F)C(F)(F)C(F)(F)c2cc(C)c(N)c(C(C)CC)c2)cc(C)c1N. The average molecular weight is 525 g/mol. The maximum absolute atomic E-state index is 15.1. The smallest absolute Gasteiger partial charge is 0.382 e. The summed E-state index contributed by atoms with van der Waals surface area (Å²) in [5.41, 5.74) is 8.79. The summed E-state index contributed by atoms with van der Waals surface area (Å²) in [6.45, 7) is 9.06. The molecule has 2 unspecified atom stereocenters. The third-order valence-corrected chi connectivity index (χ3v) is 7.03. The molecule has 0 fully saturated rings. The highest BCUT2D eigenvalue weighted by atomic mass is 19.4. The summed E-state index contributed by atoms with van der Waals surface area (Å²) >= 11 is 0. The molecule has 2 nitrogen and oxygen atoms in total. The minimum absolute atomic E-state index is 0.0410. The Morgan fingerprint density at radius 3 is 1.14 bits per heavy atom. The first kappa shape index (κ1) is 29.7. The Balaban J connectivity index is 2.71. The summed E-state index contributed by atoms with van der Waals surface area (Å²) in [7, 11) is 0. The summed E-state index contributed by atoms with van der Waals surface area (Å²) < 4.78 is 120. The highest BCUT2D eigenvalue weighted by Gasteiger charge is 2.81. The van der Waals surface area contributed by atoms with Crippen molar-refractivity contribution in [2.45, 2.75) is 89.9 Å². The summed E-state index contributed by atoms with van der Waals surface area (Å²) in [5.74, 6) is -25.2. The number of nitrogen functional groups attached to an aromatic ring is 2. The summed E-state index contributed by atoms with van der Waals surface area (Å²) in [4.78, 5) is 0. The van der Waals surface area contributed by atoms with Crippen molar-refractivity contribution in [3.63, 3.8) is 0 Å². The number of benzene rings is 2. The van der Waals surface area contributed by atoms with Gasteiger partial charge in [0, 0.05) is 22.5 Å². The van der Waals surface area contributed by atoms with Gasteiger partial charge in [0.25, 0.3) is 0 Å². The van der Waals surface area contributed by atoms with E-state index in [0.717, 1.165) is 0 Å². The number of nitrogens with two attached hydrogens (primary N) is 2. The molecule has 0 amide bonds. The Morgan fingerprint density at radius 1 is 0.611 bits per heavy atom. The number of hydrogen-bond acceptors (Lipinski definition) is 2. The second-order valence-corrected chi connectivity index (χ2v) is 9.51. The van der Waals surface area contributed by atoms with Crippen molar-refractivity contribution < 1.29 is 35.1 Å². The van der Waals surface area contributed by atoms with Gasteiger partial charge < -0.3 is 11.5 Å². The van der Waals surface area contributed by atoms with Gasteiger partial charge in [-0.3, -0.25) is 0 Å². The Hall–Kier alpha value is -2.52. The second-order valence-electron chi connectivity index (χ2n) is 9.51. The number of alkyl halides is 8. The van der Waals surface area contributed by atoms with E-state index in [1.807, 2.05) is 0 Å². The molecule has 0 radical (unpaired) electrons. The molecule has 0 heterocycles. The first-order chi connectivity index (χ1) is 16.3. The van der Waals surface area contributed by atoms with Gasteiger partial charge in [-0.25, -0.2) is 0 Å². The van der Waals surface area contributed by atoms with Gasteiger partial charge in [0.05, 0.1) is 0 Å². The molecule has 2 rings (SSSR count). The zero-order valence-electron chi connectivity index (χ0n) is 21.1. The van der Waals surface area contributed by atoms with Crippen LogP contribution in [0.15, 0.2) is 24.3 Å². The van der Waals surface area contributed by atoms with Crippen molar-refractivity contribution in [1.82, 2.24) is 0 Å². The molecule has 0 aliphatic rings. The summed E-state index contributed by atoms with van der Waals surface area (Å²) in [6.07, 6.45) is 0.774. The van der Waals surface area contributed by atoms with Crippen molar-refractivity contribution in [1.29, 1.82) is 0 Å². The fourth-order valence-electron chi connectivity index (χ4n) is 4.03. The van der Waals surface area contributed by atoms with E-state index in [4.69, 9.17) is 11.5 Å². The molecule has 2 aromatic rings. The fourth-order valence-corrected chi connectivity index (χ4v) is 4.03. The molecular weight excluding hydrogens is 492 g/mol. The molecular formula is C26H32F8N2. The number of hydrogen-bond donors (Lipinski definition) is 2. The topological polar surface area (TPSA) is 52.0 Å². The van der Waals surface area contributed by atoms with Crippen LogP contribution in [0.4, 0.5) is 46.5 Å². The molecule has 2 aromatic carbocycles. The Kier molecular flexibility index (Phi) is 8.04. The van der Waals surface area contributed by atoms with E-state index >= 15 is 17.6 Å². The van der Waals surface area contributed by atoms with Crippen LogP contribution in [0.3, 0.4) is 0 Å². The average Bonchev–Trinajstić information content (AvgIpc) is 2.80. The minimum Gasteiger partial charge on any atom is -0.398 e. The van der Waals surface area contributed by atoms with E-state index in [1.54, 1.807) is 27.7 Å². The molecule has 36 heavy (non-hydrogen) atoms. The van der Waals surface area contributed by atoms with Crippen molar-refractivity contribution >= 4 is 11.4 Å². The van der Waals surface area contributed by atoms with Crippen LogP contribution in [0.5, 0.6) is 0 Å². The maximum Gasteiger partial charge on any atom is 0.382 e. The Morgan fingerprint density at radius 2 is 0.889 bits per heavy atom. The van der Waals surface area contributed by atoms with Crippen LogP contribution >= 0.6 is 0 Å². The summed E-state index contributed by atoms with van der Waals surface area (Å²) in [6, 6.07) is 2.23. The minimum atomic E-state index is -6.47. The van der Waals surface area contributed by atoms with Crippen molar-refractivity contribution in [3.8, 4) is 0 Å². The monoisotopic (exact) mass is 524 g/mol. The summed E-state index contributed by atoms with van der Waals surface area (Å²) in [5, 5.41) is 0. The van der Waals surface area contributed by atoms with E-state index in [-0.39, 0.29) is 33.6 Å². The van der Waals surface area contributed by atoms with E-state index < -0.39 is 46.7 Å². The largest absolute Gasteiger partial charge is 0.398 e. The van der Waals surface area contributed by atoms with E-state index in [9.17, 15) is 17.6 Å². The third-order valence-electron chi connectivity index (χ3n) is 7.03. The predicted octanol–water partition coefficient (Wildman–Crippen LogP) is 8.65. The normalized spacial score (nSPS) is 15.2. The quantitative estimate of drug-likeness (QED) is 0.255. The van der Waals surface area contributed by atoms with Gasteiger partial charge in [0.15, 0.2) is 0 Å². The lowest BCUT2D eigenvalue weighted by atomic mass is 9.85. The first-order valence-electron chi connectivity index (χ1n) is 11.6. The molecule has 10 heteroatoms. The van der Waals surface area contributed by atoms with Crippen molar-refractivity contribution in [3.05, 3.63) is 57.6 Å². The number of anilines is 2. The van der Waals surface area contributed by atoms with Crippen LogP contribution in [-0.4, -0.2) is 11.8 Å². The lowest BCUT2D eigenvalue weighted by molar-refractivity contribution is -0.374.